The van der Waals surface area contributed by atoms with Crippen molar-refractivity contribution >= 4 is 30.0 Å². The van der Waals surface area contributed by atoms with Crippen LogP contribution < -0.4 is 10.8 Å². The first-order valence-corrected chi connectivity index (χ1v) is 18.5. The number of nitrogens with zero attached hydrogens (tertiary/aromatic N) is 5. The van der Waals surface area contributed by atoms with Crippen molar-refractivity contribution in [1.82, 2.24) is 25.1 Å². The van der Waals surface area contributed by atoms with Crippen LogP contribution in [0.25, 0.3) is 0 Å². The molecular formula is C38H54N7O7+. The van der Waals surface area contributed by atoms with Gasteiger partial charge in [0.1, 0.15) is 18.6 Å². The number of carboxylic acid groups (broad SMARTS) is 1. The number of phenolic OH excluding ortho intramolecular Hbond substituents is 1. The van der Waals surface area contributed by atoms with Gasteiger partial charge in [0.2, 0.25) is 0 Å². The van der Waals surface area contributed by atoms with Crippen LogP contribution in [0.3, 0.4) is 0 Å². The molecule has 2 aromatic carbocycles. The average molecular weight is 721 g/mol. The molecule has 14 nitrogen and oxygen atoms in total. The zero-order chi connectivity index (χ0) is 37.0. The number of hydrogen-bond acceptors (Lipinski definition) is 9. The van der Waals surface area contributed by atoms with E-state index in [1.165, 1.54) is 7.11 Å². The number of phenols is 1. The quantitative estimate of drug-likeness (QED) is 0.163. The standard InChI is InChI=1S/C38H53N7O7/c1-27-22-29(23-28(2)35(27)48)26-45(37(50)51)20-11-32(44-15-8-30-6-4-5-7-33(30)39-36(44)49)24-38(45,12-21-46)43-18-16-42(17-19-43)31-9-13-41(14-10-31)25-34(47)40-52-3/h4-7,21-23,31-32H,8-20,24-26H2,1-3H3,(H3-,39,40,47,48,49,50,51)/p+1/t32?,38?,45-/m0/s1. The molecule has 0 aromatic heterocycles. The molecule has 0 aliphatic carbocycles. The highest BCUT2D eigenvalue weighted by Gasteiger charge is 2.64. The van der Waals surface area contributed by atoms with Crippen LogP contribution in [0.2, 0.25) is 0 Å². The number of carbonyl (C=O) groups is 4. The third kappa shape index (κ3) is 7.40. The Morgan fingerprint density at radius 2 is 1.71 bits per heavy atom. The number of benzene rings is 2. The lowest BCUT2D eigenvalue weighted by atomic mass is 9.82. The lowest BCUT2D eigenvalue weighted by Gasteiger charge is -2.59. The number of urea groups is 1. The lowest BCUT2D eigenvalue weighted by Crippen LogP contribution is -2.79. The summed E-state index contributed by atoms with van der Waals surface area (Å²) in [6.07, 6.45) is 3.18. The van der Waals surface area contributed by atoms with Gasteiger partial charge >= 0.3 is 12.1 Å². The third-order valence-electron chi connectivity index (χ3n) is 12.1. The van der Waals surface area contributed by atoms with Crippen LogP contribution in [-0.2, 0) is 27.4 Å². The number of nitrogens with one attached hydrogen (secondary N) is 2. The number of piperidine rings is 2. The Bertz CT molecular complexity index is 1620. The summed E-state index contributed by atoms with van der Waals surface area (Å²) in [4.78, 5) is 66.0. The minimum absolute atomic E-state index is 0.00343. The number of hydrogen-bond donors (Lipinski definition) is 4. The molecule has 0 spiro atoms. The van der Waals surface area contributed by atoms with Crippen LogP contribution >= 0.6 is 0 Å². The number of anilines is 1. The van der Waals surface area contributed by atoms with Gasteiger partial charge in [-0.25, -0.2) is 19.7 Å². The Morgan fingerprint density at radius 1 is 1.02 bits per heavy atom. The summed E-state index contributed by atoms with van der Waals surface area (Å²) in [5, 5.41) is 25.0. The maximum Gasteiger partial charge on any atom is 0.515 e. The highest BCUT2D eigenvalue weighted by atomic mass is 16.6. The van der Waals surface area contributed by atoms with Crippen molar-refractivity contribution in [2.45, 2.75) is 76.7 Å². The summed E-state index contributed by atoms with van der Waals surface area (Å²) in [5.74, 6) is 0.0255. The van der Waals surface area contributed by atoms with Crippen molar-refractivity contribution in [3.8, 4) is 5.75 Å². The summed E-state index contributed by atoms with van der Waals surface area (Å²) in [6, 6.07) is 11.4. The number of aryl methyl sites for hydroxylation is 2. The summed E-state index contributed by atoms with van der Waals surface area (Å²) >= 11 is 0. The molecule has 6 rings (SSSR count). The van der Waals surface area contributed by atoms with E-state index in [4.69, 9.17) is 4.84 Å². The molecule has 282 valence electrons. The number of piperazine rings is 1. The van der Waals surface area contributed by atoms with E-state index in [9.17, 15) is 29.4 Å². The van der Waals surface area contributed by atoms with E-state index in [1.807, 2.05) is 55.1 Å². The number of fused-ring (bicyclic) bond motifs is 1. The number of quaternary nitrogens is 1. The van der Waals surface area contributed by atoms with Gasteiger partial charge in [-0.15, -0.1) is 0 Å². The predicted molar refractivity (Wildman–Crippen MR) is 195 cm³/mol. The number of hydroxylamine groups is 1. The van der Waals surface area contributed by atoms with E-state index in [-0.39, 0.29) is 47.7 Å². The number of aldehydes is 1. The molecule has 14 heteroatoms. The second-order valence-electron chi connectivity index (χ2n) is 15.0. The van der Waals surface area contributed by atoms with Crippen molar-refractivity contribution in [2.24, 2.45) is 0 Å². The molecular weight excluding hydrogens is 666 g/mol. The van der Waals surface area contributed by atoms with Crippen LogP contribution in [0.4, 0.5) is 15.3 Å². The van der Waals surface area contributed by atoms with Crippen molar-refractivity contribution < 1.29 is 38.7 Å². The molecule has 3 saturated heterocycles. The normalized spacial score (nSPS) is 26.6. The molecule has 0 saturated carbocycles. The maximum absolute atomic E-state index is 13.9. The van der Waals surface area contributed by atoms with Crippen molar-refractivity contribution in [3.05, 3.63) is 58.7 Å². The van der Waals surface area contributed by atoms with Crippen LogP contribution in [0.1, 0.15) is 54.4 Å². The summed E-state index contributed by atoms with van der Waals surface area (Å²) < 4.78 is -0.358. The largest absolute Gasteiger partial charge is 0.515 e. The van der Waals surface area contributed by atoms with E-state index in [0.717, 1.165) is 62.1 Å². The van der Waals surface area contributed by atoms with Gasteiger partial charge in [0.05, 0.1) is 26.6 Å². The Labute approximate surface area is 305 Å². The highest BCUT2D eigenvalue weighted by molar-refractivity contribution is 5.91. The van der Waals surface area contributed by atoms with Crippen molar-refractivity contribution in [3.63, 3.8) is 0 Å². The SMILES string of the molecule is CONC(=O)CN1CCC(N2CCN(C3(CC=O)CC(N4CCc5ccccc5NC4=O)CC[N@+]3(Cc3cc(C)c(O)c(C)c3)C(=O)O)CC2)CC1. The molecule has 2 unspecified atom stereocenters. The minimum Gasteiger partial charge on any atom is -0.507 e. The number of aromatic hydroxyl groups is 1. The predicted octanol–water partition coefficient (Wildman–Crippen LogP) is 3.30. The van der Waals surface area contributed by atoms with Crippen LogP contribution in [0.5, 0.6) is 5.75 Å². The van der Waals surface area contributed by atoms with Crippen LogP contribution in [0.15, 0.2) is 36.4 Å². The lowest BCUT2D eigenvalue weighted by molar-refractivity contribution is -0.942. The molecule has 4 aliphatic heterocycles. The van der Waals surface area contributed by atoms with E-state index >= 15 is 0 Å². The molecule has 0 radical (unpaired) electrons. The fourth-order valence-corrected chi connectivity index (χ4v) is 9.47. The molecule has 3 fully saturated rings. The molecule has 3 atom stereocenters. The topological polar surface area (TPSA) is 155 Å². The molecule has 4 amide bonds. The van der Waals surface area contributed by atoms with Gasteiger partial charge in [-0.3, -0.25) is 19.4 Å². The Hall–Kier alpha value is -4.08. The van der Waals surface area contributed by atoms with E-state index in [2.05, 4.69) is 25.5 Å². The molecule has 4 heterocycles. The van der Waals surface area contributed by atoms with Gasteiger partial charge in [0.25, 0.3) is 5.91 Å². The Kier molecular flexibility index (Phi) is 11.5. The van der Waals surface area contributed by atoms with Gasteiger partial charge in [0, 0.05) is 82.0 Å². The first-order chi connectivity index (χ1) is 25.0. The summed E-state index contributed by atoms with van der Waals surface area (Å²) in [6.45, 7) is 8.98. The fraction of sp³-hybridized carbons (Fsp3) is 0.579. The monoisotopic (exact) mass is 720 g/mol. The zero-order valence-corrected chi connectivity index (χ0v) is 30.7. The Morgan fingerprint density at radius 3 is 2.37 bits per heavy atom. The van der Waals surface area contributed by atoms with E-state index < -0.39 is 11.8 Å². The number of carbonyl (C=O) groups excluding carboxylic acids is 3. The zero-order valence-electron chi connectivity index (χ0n) is 30.7. The highest BCUT2D eigenvalue weighted by Crippen LogP contribution is 2.45. The number of rotatable bonds is 10. The first-order valence-electron chi connectivity index (χ1n) is 18.5. The van der Waals surface area contributed by atoms with E-state index in [0.29, 0.717) is 62.6 Å². The average Bonchev–Trinajstić information content (AvgIpc) is 3.30. The van der Waals surface area contributed by atoms with Crippen LogP contribution in [-0.4, -0.2) is 142 Å². The van der Waals surface area contributed by atoms with Gasteiger partial charge in [-0.1, -0.05) is 18.2 Å². The molecule has 52 heavy (non-hydrogen) atoms. The number of likely N-dealkylation sites (tertiary alicyclic amines) is 2. The van der Waals surface area contributed by atoms with Gasteiger partial charge in [0.15, 0.2) is 5.66 Å². The third-order valence-corrected chi connectivity index (χ3v) is 12.1. The van der Waals surface area contributed by atoms with Crippen molar-refractivity contribution in [1.29, 1.82) is 0 Å². The van der Waals surface area contributed by atoms with Gasteiger partial charge < -0.3 is 25.2 Å². The van der Waals surface area contributed by atoms with Gasteiger partial charge in [-0.05, 0) is 68.0 Å². The minimum atomic E-state index is -1.13. The van der Waals surface area contributed by atoms with Gasteiger partial charge in [-0.2, -0.15) is 4.79 Å². The number of amides is 4. The number of para-hydroxylation sites is 1. The van der Waals surface area contributed by atoms with Crippen LogP contribution in [0, 0.1) is 13.8 Å². The summed E-state index contributed by atoms with van der Waals surface area (Å²) in [5.41, 5.74) is 5.25. The fourth-order valence-electron chi connectivity index (χ4n) is 9.47. The molecule has 4 aliphatic rings. The molecule has 0 bridgehead atoms. The summed E-state index contributed by atoms with van der Waals surface area (Å²) in [7, 11) is 1.43. The van der Waals surface area contributed by atoms with E-state index in [1.54, 1.807) is 0 Å². The maximum atomic E-state index is 13.9. The second kappa shape index (κ2) is 15.9. The molecule has 4 N–H and O–H groups in total. The Balaban J connectivity index is 1.28. The first kappa shape index (κ1) is 37.7. The van der Waals surface area contributed by atoms with Crippen molar-refractivity contribution in [2.75, 3.05) is 71.3 Å². The molecule has 2 aromatic rings. The second-order valence-corrected chi connectivity index (χ2v) is 15.0. The smallest absolute Gasteiger partial charge is 0.507 e.